The van der Waals surface area contributed by atoms with Crippen LogP contribution in [-0.4, -0.2) is 14.7 Å². The van der Waals surface area contributed by atoms with E-state index in [1.807, 2.05) is 13.8 Å². The molecule has 0 aliphatic heterocycles. The molecule has 1 aromatic heterocycles. The lowest BCUT2D eigenvalue weighted by molar-refractivity contribution is -0.384. The van der Waals surface area contributed by atoms with Crippen LogP contribution in [0.5, 0.6) is 0 Å². The fourth-order valence-corrected chi connectivity index (χ4v) is 1.77. The van der Waals surface area contributed by atoms with Crippen LogP contribution in [0.1, 0.15) is 25.5 Å². The molecule has 1 N–H and O–H groups in total. The molecular formula is C12H13N3O3. The SMILES string of the molecule is CC(C)c1cc(=O)[nH]n1-c1ccc([N+](=O)[O-])cc1. The first kappa shape index (κ1) is 12.1. The molecule has 0 radical (unpaired) electrons. The van der Waals surface area contributed by atoms with Crippen molar-refractivity contribution in [2.45, 2.75) is 19.8 Å². The molecule has 0 amide bonds. The van der Waals surface area contributed by atoms with Gasteiger partial charge in [0, 0.05) is 23.9 Å². The molecule has 0 aliphatic rings. The Hall–Kier alpha value is -2.37. The normalized spacial score (nSPS) is 10.8. The summed E-state index contributed by atoms with van der Waals surface area (Å²) < 4.78 is 1.65. The number of nitro groups is 1. The van der Waals surface area contributed by atoms with Crippen LogP contribution in [0.25, 0.3) is 5.69 Å². The van der Waals surface area contributed by atoms with Gasteiger partial charge >= 0.3 is 0 Å². The second kappa shape index (κ2) is 4.48. The van der Waals surface area contributed by atoms with Crippen molar-refractivity contribution in [3.05, 3.63) is 56.5 Å². The minimum atomic E-state index is -0.453. The third-order valence-corrected chi connectivity index (χ3v) is 2.67. The van der Waals surface area contributed by atoms with Gasteiger partial charge in [0.05, 0.1) is 10.6 Å². The van der Waals surface area contributed by atoms with Crippen molar-refractivity contribution in [3.8, 4) is 5.69 Å². The summed E-state index contributed by atoms with van der Waals surface area (Å²) in [6, 6.07) is 7.58. The lowest BCUT2D eigenvalue weighted by atomic mass is 10.1. The lowest BCUT2D eigenvalue weighted by Crippen LogP contribution is -2.06. The van der Waals surface area contributed by atoms with Crippen LogP contribution in [0.3, 0.4) is 0 Å². The molecule has 94 valence electrons. The Morgan fingerprint density at radius 2 is 1.89 bits per heavy atom. The molecule has 0 unspecified atom stereocenters. The van der Waals surface area contributed by atoms with E-state index in [2.05, 4.69) is 5.10 Å². The third-order valence-electron chi connectivity index (χ3n) is 2.67. The standard InChI is InChI=1S/C12H13N3O3/c1-8(2)11-7-12(16)13-14(11)9-3-5-10(6-4-9)15(17)18/h3-8H,1-2H3,(H,13,16). The monoisotopic (exact) mass is 247 g/mol. The zero-order chi connectivity index (χ0) is 13.3. The van der Waals surface area contributed by atoms with Crippen molar-refractivity contribution in [3.63, 3.8) is 0 Å². The highest BCUT2D eigenvalue weighted by Crippen LogP contribution is 2.19. The minimum Gasteiger partial charge on any atom is -0.268 e. The number of rotatable bonds is 3. The molecule has 1 heterocycles. The predicted octanol–water partition coefficient (Wildman–Crippen LogP) is 2.20. The van der Waals surface area contributed by atoms with E-state index < -0.39 is 4.92 Å². The highest BCUT2D eigenvalue weighted by Gasteiger charge is 2.11. The van der Waals surface area contributed by atoms with Crippen LogP contribution in [0, 0.1) is 10.1 Å². The van der Waals surface area contributed by atoms with E-state index in [9.17, 15) is 14.9 Å². The summed E-state index contributed by atoms with van der Waals surface area (Å²) in [6.45, 7) is 3.95. The quantitative estimate of drug-likeness (QED) is 0.666. The summed E-state index contributed by atoms with van der Waals surface area (Å²) in [7, 11) is 0. The van der Waals surface area contributed by atoms with Crippen LogP contribution < -0.4 is 5.56 Å². The molecular weight excluding hydrogens is 234 g/mol. The van der Waals surface area contributed by atoms with E-state index in [-0.39, 0.29) is 17.2 Å². The van der Waals surface area contributed by atoms with Gasteiger partial charge in [0.25, 0.3) is 11.2 Å². The van der Waals surface area contributed by atoms with E-state index >= 15 is 0 Å². The summed E-state index contributed by atoms with van der Waals surface area (Å²) >= 11 is 0. The number of hydrogen-bond acceptors (Lipinski definition) is 3. The van der Waals surface area contributed by atoms with Gasteiger partial charge < -0.3 is 0 Å². The molecule has 6 heteroatoms. The number of H-pyrrole nitrogens is 1. The zero-order valence-corrected chi connectivity index (χ0v) is 10.1. The van der Waals surface area contributed by atoms with Gasteiger partial charge in [0.15, 0.2) is 0 Å². The summed E-state index contributed by atoms with van der Waals surface area (Å²) in [5, 5.41) is 13.3. The fourth-order valence-electron chi connectivity index (χ4n) is 1.77. The number of nitro benzene ring substituents is 1. The number of aromatic nitrogens is 2. The Morgan fingerprint density at radius 1 is 1.28 bits per heavy atom. The minimum absolute atomic E-state index is 0.0272. The van der Waals surface area contributed by atoms with Crippen molar-refractivity contribution in [2.75, 3.05) is 0 Å². The van der Waals surface area contributed by atoms with E-state index in [0.29, 0.717) is 5.69 Å². The smallest absolute Gasteiger partial charge is 0.268 e. The molecule has 0 spiro atoms. The summed E-state index contributed by atoms with van der Waals surface area (Å²) in [5.74, 6) is 0.180. The van der Waals surface area contributed by atoms with Gasteiger partial charge in [-0.3, -0.25) is 24.7 Å². The van der Waals surface area contributed by atoms with E-state index in [4.69, 9.17) is 0 Å². The number of nitrogens with zero attached hydrogens (tertiary/aromatic N) is 2. The Morgan fingerprint density at radius 3 is 2.39 bits per heavy atom. The summed E-state index contributed by atoms with van der Waals surface area (Å²) in [6.07, 6.45) is 0. The molecule has 1 aromatic carbocycles. The highest BCUT2D eigenvalue weighted by molar-refractivity contribution is 5.41. The van der Waals surface area contributed by atoms with Crippen LogP contribution in [0.15, 0.2) is 35.1 Å². The van der Waals surface area contributed by atoms with Crippen molar-refractivity contribution in [1.82, 2.24) is 9.78 Å². The number of aromatic amines is 1. The van der Waals surface area contributed by atoms with Crippen molar-refractivity contribution < 1.29 is 4.92 Å². The summed E-state index contributed by atoms with van der Waals surface area (Å²) in [4.78, 5) is 21.5. The van der Waals surface area contributed by atoms with E-state index in [1.54, 1.807) is 16.8 Å². The van der Waals surface area contributed by atoms with Crippen LogP contribution in [0.2, 0.25) is 0 Å². The molecule has 0 saturated carbocycles. The number of nitrogens with one attached hydrogen (secondary N) is 1. The van der Waals surface area contributed by atoms with Gasteiger partial charge in [0.1, 0.15) is 0 Å². The maximum Gasteiger partial charge on any atom is 0.269 e. The van der Waals surface area contributed by atoms with E-state index in [0.717, 1.165) is 5.69 Å². The van der Waals surface area contributed by atoms with Gasteiger partial charge in [-0.25, -0.2) is 0 Å². The molecule has 0 fully saturated rings. The van der Waals surface area contributed by atoms with Gasteiger partial charge in [-0.1, -0.05) is 13.8 Å². The Labute approximate surface area is 103 Å². The molecule has 18 heavy (non-hydrogen) atoms. The number of non-ortho nitro benzene ring substituents is 1. The fraction of sp³-hybridized carbons (Fsp3) is 0.250. The zero-order valence-electron chi connectivity index (χ0n) is 10.1. The first-order valence-corrected chi connectivity index (χ1v) is 5.56. The van der Waals surface area contributed by atoms with Crippen molar-refractivity contribution in [2.24, 2.45) is 0 Å². The third kappa shape index (κ3) is 2.17. The topological polar surface area (TPSA) is 80.9 Å². The predicted molar refractivity (Wildman–Crippen MR) is 67.1 cm³/mol. The summed E-state index contributed by atoms with van der Waals surface area (Å²) in [5.41, 5.74) is 1.39. The van der Waals surface area contributed by atoms with Crippen molar-refractivity contribution in [1.29, 1.82) is 0 Å². The largest absolute Gasteiger partial charge is 0.269 e. The second-order valence-electron chi connectivity index (χ2n) is 4.31. The van der Waals surface area contributed by atoms with Crippen LogP contribution in [-0.2, 0) is 0 Å². The number of hydrogen-bond donors (Lipinski definition) is 1. The second-order valence-corrected chi connectivity index (χ2v) is 4.31. The molecule has 0 saturated heterocycles. The Bertz CT molecular complexity index is 623. The van der Waals surface area contributed by atoms with Crippen LogP contribution >= 0.6 is 0 Å². The molecule has 2 rings (SSSR count). The molecule has 0 atom stereocenters. The Kier molecular flexibility index (Phi) is 3.01. The number of benzene rings is 1. The maximum atomic E-state index is 11.4. The lowest BCUT2D eigenvalue weighted by Gasteiger charge is -2.10. The van der Waals surface area contributed by atoms with Gasteiger partial charge in [-0.15, -0.1) is 0 Å². The molecule has 2 aromatic rings. The van der Waals surface area contributed by atoms with Crippen LogP contribution in [0.4, 0.5) is 5.69 Å². The van der Waals surface area contributed by atoms with Crippen molar-refractivity contribution >= 4 is 5.69 Å². The highest BCUT2D eigenvalue weighted by atomic mass is 16.6. The van der Waals surface area contributed by atoms with Gasteiger partial charge in [-0.2, -0.15) is 0 Å². The first-order valence-electron chi connectivity index (χ1n) is 5.56. The molecule has 0 aliphatic carbocycles. The first-order chi connectivity index (χ1) is 8.49. The van der Waals surface area contributed by atoms with E-state index in [1.165, 1.54) is 18.2 Å². The average molecular weight is 247 g/mol. The average Bonchev–Trinajstić information content (AvgIpc) is 2.71. The van der Waals surface area contributed by atoms with Gasteiger partial charge in [0.2, 0.25) is 0 Å². The molecule has 6 nitrogen and oxygen atoms in total. The van der Waals surface area contributed by atoms with Gasteiger partial charge in [-0.05, 0) is 18.1 Å². The Balaban J connectivity index is 2.48. The molecule has 0 bridgehead atoms. The maximum absolute atomic E-state index is 11.4.